The van der Waals surface area contributed by atoms with Crippen LogP contribution < -0.4 is 5.32 Å². The van der Waals surface area contributed by atoms with Gasteiger partial charge in [-0.05, 0) is 49.2 Å². The topological polar surface area (TPSA) is 12.0 Å². The summed E-state index contributed by atoms with van der Waals surface area (Å²) in [5.41, 5.74) is 1.29. The Labute approximate surface area is 126 Å². The molecule has 0 aromatic heterocycles. The summed E-state index contributed by atoms with van der Waals surface area (Å²) in [7, 11) is 0. The second-order valence-corrected chi connectivity index (χ2v) is 5.38. The first-order chi connectivity index (χ1) is 9.88. The molecule has 112 valence electrons. The molecule has 2 aromatic carbocycles. The molecule has 2 rings (SSSR count). The van der Waals surface area contributed by atoms with Gasteiger partial charge in [-0.2, -0.15) is 0 Å². The van der Waals surface area contributed by atoms with Gasteiger partial charge in [0.1, 0.15) is 17.5 Å². The van der Waals surface area contributed by atoms with Gasteiger partial charge in [0.2, 0.25) is 0 Å². The van der Waals surface area contributed by atoms with Crippen LogP contribution in [0.3, 0.4) is 0 Å². The lowest BCUT2D eigenvalue weighted by atomic mass is 10.0. The molecule has 0 saturated heterocycles. The monoisotopic (exact) mass is 313 g/mol. The highest BCUT2D eigenvalue weighted by atomic mass is 35.5. The van der Waals surface area contributed by atoms with E-state index in [1.165, 1.54) is 31.2 Å². The van der Waals surface area contributed by atoms with Crippen LogP contribution in [0.2, 0.25) is 5.02 Å². The first kappa shape index (κ1) is 15.9. The van der Waals surface area contributed by atoms with Gasteiger partial charge in [-0.3, -0.25) is 0 Å². The molecule has 5 heteroatoms. The molecule has 0 heterocycles. The summed E-state index contributed by atoms with van der Waals surface area (Å²) in [5, 5.41) is 3.10. The van der Waals surface area contributed by atoms with E-state index in [-0.39, 0.29) is 22.2 Å². The van der Waals surface area contributed by atoms with Crippen LogP contribution >= 0.6 is 11.6 Å². The highest BCUT2D eigenvalue weighted by molar-refractivity contribution is 6.30. The normalized spacial score (nSPS) is 12.5. The Morgan fingerprint density at radius 3 is 2.43 bits per heavy atom. The van der Waals surface area contributed by atoms with Gasteiger partial charge >= 0.3 is 0 Å². The van der Waals surface area contributed by atoms with E-state index >= 15 is 0 Å². The average Bonchev–Trinajstić information content (AvgIpc) is 2.44. The van der Waals surface area contributed by atoms with Crippen molar-refractivity contribution in [1.82, 2.24) is 5.32 Å². The van der Waals surface area contributed by atoms with Crippen LogP contribution in [-0.2, 0) is 6.54 Å². The third-order valence-corrected chi connectivity index (χ3v) is 3.63. The second kappa shape index (κ2) is 6.50. The number of aryl methyl sites for hydroxylation is 1. The molecule has 0 spiro atoms. The first-order valence-corrected chi connectivity index (χ1v) is 6.89. The molecule has 1 atom stereocenters. The molecule has 0 radical (unpaired) electrons. The van der Waals surface area contributed by atoms with Gasteiger partial charge in [0.15, 0.2) is 0 Å². The molecule has 21 heavy (non-hydrogen) atoms. The number of hydrogen-bond acceptors (Lipinski definition) is 1. The minimum atomic E-state index is -0.486. The summed E-state index contributed by atoms with van der Waals surface area (Å²) in [5.74, 6) is -1.38. The minimum Gasteiger partial charge on any atom is -0.306 e. The third kappa shape index (κ3) is 3.77. The number of halogens is 4. The summed E-state index contributed by atoms with van der Waals surface area (Å²) in [6.07, 6.45) is 0. The van der Waals surface area contributed by atoms with Crippen molar-refractivity contribution >= 4 is 11.6 Å². The lowest BCUT2D eigenvalue weighted by Crippen LogP contribution is -2.19. The van der Waals surface area contributed by atoms with E-state index in [0.717, 1.165) is 5.56 Å². The third-order valence-electron chi connectivity index (χ3n) is 3.34. The highest BCUT2D eigenvalue weighted by Gasteiger charge is 2.13. The van der Waals surface area contributed by atoms with Gasteiger partial charge in [-0.15, -0.1) is 0 Å². The van der Waals surface area contributed by atoms with Crippen molar-refractivity contribution in [3.05, 3.63) is 69.5 Å². The molecular formula is C16H15ClF3N. The van der Waals surface area contributed by atoms with Crippen LogP contribution in [0.25, 0.3) is 0 Å². The number of hydrogen-bond donors (Lipinski definition) is 1. The second-order valence-electron chi connectivity index (χ2n) is 4.97. The molecular weight excluding hydrogens is 299 g/mol. The molecule has 0 aliphatic heterocycles. The van der Waals surface area contributed by atoms with Crippen molar-refractivity contribution < 1.29 is 13.2 Å². The zero-order chi connectivity index (χ0) is 15.6. The highest BCUT2D eigenvalue weighted by Crippen LogP contribution is 2.21. The standard InChI is InChI=1S/C16H15ClF3N/c1-9-5-16(20)12(7-15(9)19)10(2)21-8-11-3-4-14(18)13(17)6-11/h3-7,10,21H,8H2,1-2H3. The van der Waals surface area contributed by atoms with Crippen LogP contribution in [-0.4, -0.2) is 0 Å². The van der Waals surface area contributed by atoms with Crippen molar-refractivity contribution in [2.45, 2.75) is 26.4 Å². The molecule has 0 amide bonds. The summed E-state index contributed by atoms with van der Waals surface area (Å²) in [4.78, 5) is 0. The zero-order valence-electron chi connectivity index (χ0n) is 11.7. The summed E-state index contributed by atoms with van der Waals surface area (Å²) < 4.78 is 40.4. The Morgan fingerprint density at radius 2 is 1.76 bits per heavy atom. The van der Waals surface area contributed by atoms with Crippen molar-refractivity contribution in [2.75, 3.05) is 0 Å². The number of benzene rings is 2. The lowest BCUT2D eigenvalue weighted by Gasteiger charge is -2.16. The summed E-state index contributed by atoms with van der Waals surface area (Å²) in [6, 6.07) is 6.35. The summed E-state index contributed by atoms with van der Waals surface area (Å²) in [6.45, 7) is 3.62. The molecule has 1 unspecified atom stereocenters. The summed E-state index contributed by atoms with van der Waals surface area (Å²) >= 11 is 5.70. The van der Waals surface area contributed by atoms with E-state index in [0.29, 0.717) is 6.54 Å². The van der Waals surface area contributed by atoms with Gasteiger partial charge in [-0.1, -0.05) is 17.7 Å². The van der Waals surface area contributed by atoms with E-state index in [9.17, 15) is 13.2 Å². The molecule has 0 aliphatic rings. The van der Waals surface area contributed by atoms with Crippen LogP contribution in [0.1, 0.15) is 29.7 Å². The van der Waals surface area contributed by atoms with Crippen molar-refractivity contribution in [1.29, 1.82) is 0 Å². The Hall–Kier alpha value is -1.52. The fraction of sp³-hybridized carbons (Fsp3) is 0.250. The smallest absolute Gasteiger partial charge is 0.141 e. The number of rotatable bonds is 4. The van der Waals surface area contributed by atoms with E-state index in [4.69, 9.17) is 11.6 Å². The first-order valence-electron chi connectivity index (χ1n) is 6.51. The largest absolute Gasteiger partial charge is 0.306 e. The predicted molar refractivity (Wildman–Crippen MR) is 77.8 cm³/mol. The molecule has 0 saturated carbocycles. The fourth-order valence-corrected chi connectivity index (χ4v) is 2.23. The molecule has 2 aromatic rings. The van der Waals surface area contributed by atoms with Gasteiger partial charge in [0.05, 0.1) is 5.02 Å². The predicted octanol–water partition coefficient (Wildman–Crippen LogP) is 4.92. The van der Waals surface area contributed by atoms with Gasteiger partial charge in [0, 0.05) is 18.2 Å². The van der Waals surface area contributed by atoms with Crippen molar-refractivity contribution in [2.24, 2.45) is 0 Å². The van der Waals surface area contributed by atoms with Crippen LogP contribution in [0.4, 0.5) is 13.2 Å². The Balaban J connectivity index is 2.09. The maximum atomic E-state index is 13.8. The van der Waals surface area contributed by atoms with E-state index in [1.54, 1.807) is 13.0 Å². The zero-order valence-corrected chi connectivity index (χ0v) is 12.4. The lowest BCUT2D eigenvalue weighted by molar-refractivity contribution is 0.516. The van der Waals surface area contributed by atoms with Crippen LogP contribution in [0.5, 0.6) is 0 Å². The van der Waals surface area contributed by atoms with Crippen molar-refractivity contribution in [3.8, 4) is 0 Å². The van der Waals surface area contributed by atoms with Gasteiger partial charge in [0.25, 0.3) is 0 Å². The molecule has 0 aliphatic carbocycles. The molecule has 0 bridgehead atoms. The SMILES string of the molecule is Cc1cc(F)c(C(C)NCc2ccc(F)c(Cl)c2)cc1F. The average molecular weight is 314 g/mol. The van der Waals surface area contributed by atoms with E-state index < -0.39 is 17.5 Å². The minimum absolute atomic E-state index is 0.0366. The van der Waals surface area contributed by atoms with Crippen molar-refractivity contribution in [3.63, 3.8) is 0 Å². The van der Waals surface area contributed by atoms with Gasteiger partial charge in [-0.25, -0.2) is 13.2 Å². The maximum Gasteiger partial charge on any atom is 0.141 e. The molecule has 0 fully saturated rings. The van der Waals surface area contributed by atoms with Gasteiger partial charge < -0.3 is 5.32 Å². The fourth-order valence-electron chi connectivity index (χ4n) is 2.02. The Morgan fingerprint density at radius 1 is 1.05 bits per heavy atom. The van der Waals surface area contributed by atoms with E-state index in [1.807, 2.05) is 0 Å². The van der Waals surface area contributed by atoms with Crippen LogP contribution in [0.15, 0.2) is 30.3 Å². The quantitative estimate of drug-likeness (QED) is 0.845. The maximum absolute atomic E-state index is 13.8. The van der Waals surface area contributed by atoms with E-state index in [2.05, 4.69) is 5.32 Å². The van der Waals surface area contributed by atoms with Crippen LogP contribution in [0, 0.1) is 24.4 Å². The number of nitrogens with one attached hydrogen (secondary N) is 1. The Kier molecular flexibility index (Phi) is 4.91. The molecule has 1 N–H and O–H groups in total. The Bertz CT molecular complexity index is 658. The molecule has 1 nitrogen and oxygen atoms in total.